The summed E-state index contributed by atoms with van der Waals surface area (Å²) < 4.78 is 5.32. The lowest BCUT2D eigenvalue weighted by molar-refractivity contribution is 0.100. The number of hydrogen-bond donors (Lipinski definition) is 2. The maximum absolute atomic E-state index is 5.67. The van der Waals surface area contributed by atoms with Gasteiger partial charge in [-0.25, -0.2) is 0 Å². The van der Waals surface area contributed by atoms with E-state index in [0.29, 0.717) is 0 Å². The minimum absolute atomic E-state index is 0.167. The topological polar surface area (TPSA) is 47.3 Å². The van der Waals surface area contributed by atoms with Gasteiger partial charge in [0.05, 0.1) is 6.10 Å². The molecule has 2 rings (SSSR count). The molecule has 0 aromatic heterocycles. The van der Waals surface area contributed by atoms with E-state index in [2.05, 4.69) is 36.6 Å². The third-order valence-electron chi connectivity index (χ3n) is 4.06. The monoisotopic (exact) mass is 248 g/mol. The molecule has 1 fully saturated rings. The van der Waals surface area contributed by atoms with E-state index < -0.39 is 0 Å². The van der Waals surface area contributed by atoms with Gasteiger partial charge in [0.1, 0.15) is 0 Å². The Labute approximate surface area is 110 Å². The zero-order valence-corrected chi connectivity index (χ0v) is 11.4. The molecular formula is C15H24N2O. The predicted molar refractivity (Wildman–Crippen MR) is 74.2 cm³/mol. The number of nitrogens with one attached hydrogen (secondary N) is 1. The highest BCUT2D eigenvalue weighted by molar-refractivity contribution is 5.29. The van der Waals surface area contributed by atoms with Crippen molar-refractivity contribution in [2.45, 2.75) is 50.7 Å². The van der Waals surface area contributed by atoms with Gasteiger partial charge in [0, 0.05) is 13.2 Å². The Kier molecular flexibility index (Phi) is 4.75. The molecule has 0 saturated heterocycles. The normalized spacial score (nSPS) is 19.3. The van der Waals surface area contributed by atoms with E-state index in [1.807, 2.05) is 0 Å². The fourth-order valence-electron chi connectivity index (χ4n) is 2.50. The van der Waals surface area contributed by atoms with Gasteiger partial charge in [0.15, 0.2) is 0 Å². The second kappa shape index (κ2) is 6.32. The van der Waals surface area contributed by atoms with Gasteiger partial charge in [0.25, 0.3) is 0 Å². The van der Waals surface area contributed by atoms with Gasteiger partial charge < -0.3 is 4.74 Å². The van der Waals surface area contributed by atoms with Crippen LogP contribution in [0, 0.1) is 0 Å². The van der Waals surface area contributed by atoms with Crippen LogP contribution < -0.4 is 11.3 Å². The van der Waals surface area contributed by atoms with Crippen LogP contribution in [0.3, 0.4) is 0 Å². The molecule has 3 N–H and O–H groups in total. The first kappa shape index (κ1) is 13.5. The van der Waals surface area contributed by atoms with Crippen LogP contribution in [0.4, 0.5) is 0 Å². The number of hydrogen-bond acceptors (Lipinski definition) is 3. The molecule has 3 heteroatoms. The lowest BCUT2D eigenvalue weighted by atomic mass is 9.79. The molecule has 3 nitrogen and oxygen atoms in total. The van der Waals surface area contributed by atoms with Crippen LogP contribution in [0.1, 0.15) is 55.7 Å². The number of ether oxygens (including phenoxy) is 1. The van der Waals surface area contributed by atoms with Crippen LogP contribution in [0.2, 0.25) is 0 Å². The van der Waals surface area contributed by atoms with E-state index in [1.165, 1.54) is 30.4 Å². The molecule has 1 aromatic carbocycles. The van der Waals surface area contributed by atoms with Gasteiger partial charge in [-0.05, 0) is 43.2 Å². The third-order valence-corrected chi connectivity index (χ3v) is 4.06. The summed E-state index contributed by atoms with van der Waals surface area (Å²) in [6.45, 7) is 2.07. The summed E-state index contributed by atoms with van der Waals surface area (Å²) in [5.41, 5.74) is 5.64. The highest BCUT2D eigenvalue weighted by Gasteiger charge is 2.21. The molecule has 1 aliphatic carbocycles. The molecule has 0 amide bonds. The number of rotatable bonds is 6. The molecule has 0 aliphatic heterocycles. The average molecular weight is 248 g/mol. The molecule has 1 aliphatic rings. The number of benzene rings is 1. The van der Waals surface area contributed by atoms with E-state index in [0.717, 1.165) is 12.3 Å². The second-order valence-electron chi connectivity index (χ2n) is 5.30. The second-order valence-corrected chi connectivity index (χ2v) is 5.30. The zero-order valence-electron chi connectivity index (χ0n) is 11.4. The molecule has 0 spiro atoms. The molecule has 2 unspecified atom stereocenters. The molecule has 0 radical (unpaired) electrons. The quantitative estimate of drug-likeness (QED) is 0.601. The van der Waals surface area contributed by atoms with E-state index in [1.54, 1.807) is 7.11 Å². The fourth-order valence-corrected chi connectivity index (χ4v) is 2.50. The van der Waals surface area contributed by atoms with Crippen molar-refractivity contribution in [2.75, 3.05) is 7.11 Å². The predicted octanol–water partition coefficient (Wildman–Crippen LogP) is 2.88. The van der Waals surface area contributed by atoms with Crippen molar-refractivity contribution in [3.63, 3.8) is 0 Å². The molecule has 100 valence electrons. The SMILES string of the molecule is COC(C)CC(NN)c1cccc(C2CCC2)c1. The van der Waals surface area contributed by atoms with Crippen LogP contribution in [0.15, 0.2) is 24.3 Å². The van der Waals surface area contributed by atoms with Crippen LogP contribution in [0.25, 0.3) is 0 Å². The van der Waals surface area contributed by atoms with Crippen molar-refractivity contribution in [2.24, 2.45) is 5.84 Å². The highest BCUT2D eigenvalue weighted by atomic mass is 16.5. The lowest BCUT2D eigenvalue weighted by Crippen LogP contribution is -2.31. The van der Waals surface area contributed by atoms with Crippen molar-refractivity contribution >= 4 is 0 Å². The summed E-state index contributed by atoms with van der Waals surface area (Å²) in [5, 5.41) is 0. The molecule has 1 saturated carbocycles. The van der Waals surface area contributed by atoms with E-state index in [9.17, 15) is 0 Å². The minimum Gasteiger partial charge on any atom is -0.382 e. The van der Waals surface area contributed by atoms with Crippen molar-refractivity contribution in [3.8, 4) is 0 Å². The largest absolute Gasteiger partial charge is 0.382 e. The van der Waals surface area contributed by atoms with Gasteiger partial charge in [-0.2, -0.15) is 0 Å². The molecule has 0 bridgehead atoms. The Morgan fingerprint density at radius 2 is 2.22 bits per heavy atom. The van der Waals surface area contributed by atoms with E-state index >= 15 is 0 Å². The fraction of sp³-hybridized carbons (Fsp3) is 0.600. The first-order valence-corrected chi connectivity index (χ1v) is 6.83. The van der Waals surface area contributed by atoms with Crippen molar-refractivity contribution in [1.82, 2.24) is 5.43 Å². The smallest absolute Gasteiger partial charge is 0.0561 e. The molecule has 2 atom stereocenters. The summed E-state index contributed by atoms with van der Waals surface area (Å²) in [6.07, 6.45) is 5.13. The van der Waals surface area contributed by atoms with Crippen LogP contribution in [-0.4, -0.2) is 13.2 Å². The maximum Gasteiger partial charge on any atom is 0.0561 e. The molecular weight excluding hydrogens is 224 g/mol. The molecule has 18 heavy (non-hydrogen) atoms. The van der Waals surface area contributed by atoms with Gasteiger partial charge in [-0.1, -0.05) is 30.7 Å². The van der Waals surface area contributed by atoms with Crippen LogP contribution in [0.5, 0.6) is 0 Å². The average Bonchev–Trinajstić information content (AvgIpc) is 2.34. The number of nitrogens with two attached hydrogens (primary N) is 1. The van der Waals surface area contributed by atoms with Gasteiger partial charge in [0.2, 0.25) is 0 Å². The van der Waals surface area contributed by atoms with Crippen molar-refractivity contribution < 1.29 is 4.74 Å². The summed E-state index contributed by atoms with van der Waals surface area (Å²) in [6, 6.07) is 9.00. The van der Waals surface area contributed by atoms with Crippen LogP contribution >= 0.6 is 0 Å². The standard InChI is InChI=1S/C15H24N2O/c1-11(18-2)9-15(17-16)14-8-4-7-13(10-14)12-5-3-6-12/h4,7-8,10-12,15,17H,3,5-6,9,16H2,1-2H3. The van der Waals surface area contributed by atoms with Gasteiger partial charge in [-0.15, -0.1) is 0 Å². The maximum atomic E-state index is 5.67. The van der Waals surface area contributed by atoms with E-state index in [4.69, 9.17) is 10.6 Å². The Morgan fingerprint density at radius 3 is 2.78 bits per heavy atom. The van der Waals surface area contributed by atoms with Crippen molar-refractivity contribution in [1.29, 1.82) is 0 Å². The number of methoxy groups -OCH3 is 1. The third kappa shape index (κ3) is 3.10. The first-order valence-electron chi connectivity index (χ1n) is 6.83. The number of hydrazine groups is 1. The summed E-state index contributed by atoms with van der Waals surface area (Å²) in [5.74, 6) is 6.44. The van der Waals surface area contributed by atoms with Crippen molar-refractivity contribution in [3.05, 3.63) is 35.4 Å². The zero-order chi connectivity index (χ0) is 13.0. The Morgan fingerprint density at radius 1 is 1.44 bits per heavy atom. The van der Waals surface area contributed by atoms with E-state index in [-0.39, 0.29) is 12.1 Å². The highest BCUT2D eigenvalue weighted by Crippen LogP contribution is 2.37. The lowest BCUT2D eigenvalue weighted by Gasteiger charge is -2.27. The first-order chi connectivity index (χ1) is 8.74. The Balaban J connectivity index is 2.09. The Hall–Kier alpha value is -0.900. The van der Waals surface area contributed by atoms with Crippen LogP contribution in [-0.2, 0) is 4.74 Å². The summed E-state index contributed by atoms with van der Waals surface area (Å²) in [7, 11) is 1.74. The van der Waals surface area contributed by atoms with Gasteiger partial charge in [-0.3, -0.25) is 11.3 Å². The molecule has 0 heterocycles. The summed E-state index contributed by atoms with van der Waals surface area (Å²) in [4.78, 5) is 0. The van der Waals surface area contributed by atoms with Gasteiger partial charge >= 0.3 is 0 Å². The molecule has 1 aromatic rings. The minimum atomic E-state index is 0.167. The summed E-state index contributed by atoms with van der Waals surface area (Å²) >= 11 is 0. The Bertz CT molecular complexity index is 377.